The highest BCUT2D eigenvalue weighted by Gasteiger charge is 2.29. The van der Waals surface area contributed by atoms with Crippen molar-refractivity contribution in [2.75, 3.05) is 31.5 Å². The first-order valence-corrected chi connectivity index (χ1v) is 9.66. The fourth-order valence-corrected chi connectivity index (χ4v) is 3.90. The van der Waals surface area contributed by atoms with E-state index in [4.69, 9.17) is 21.1 Å². The molecule has 1 N–H and O–H groups in total. The molecule has 0 radical (unpaired) electrons. The first kappa shape index (κ1) is 19.8. The van der Waals surface area contributed by atoms with Gasteiger partial charge in [-0.2, -0.15) is 5.26 Å². The molecule has 1 atom stereocenters. The second kappa shape index (κ2) is 8.09. The molecular weight excluding hydrogens is 402 g/mol. The third kappa shape index (κ3) is 3.46. The minimum atomic E-state index is -0.301. The summed E-state index contributed by atoms with van der Waals surface area (Å²) in [6, 6.07) is 13.2. The molecule has 2 aromatic carbocycles. The van der Waals surface area contributed by atoms with E-state index >= 15 is 0 Å². The predicted octanol–water partition coefficient (Wildman–Crippen LogP) is 4.17. The summed E-state index contributed by atoms with van der Waals surface area (Å²) in [6.07, 6.45) is 1.45. The number of methoxy groups -OCH3 is 2. The van der Waals surface area contributed by atoms with Crippen molar-refractivity contribution < 1.29 is 9.47 Å². The van der Waals surface area contributed by atoms with E-state index in [2.05, 4.69) is 21.4 Å². The van der Waals surface area contributed by atoms with E-state index < -0.39 is 0 Å². The van der Waals surface area contributed by atoms with Crippen LogP contribution >= 0.6 is 11.6 Å². The smallest absolute Gasteiger partial charge is 0.157 e. The molecule has 30 heavy (non-hydrogen) atoms. The second-order valence-corrected chi connectivity index (χ2v) is 7.29. The molecule has 0 fully saturated rings. The summed E-state index contributed by atoms with van der Waals surface area (Å²) in [5.74, 6) is 2.09. The van der Waals surface area contributed by atoms with Gasteiger partial charge in [0.15, 0.2) is 11.0 Å². The summed E-state index contributed by atoms with van der Waals surface area (Å²) in [4.78, 5) is 10.6. The highest BCUT2D eigenvalue weighted by Crippen LogP contribution is 2.43. The van der Waals surface area contributed by atoms with Crippen molar-refractivity contribution in [1.82, 2.24) is 9.97 Å². The number of hydrogen-bond donors (Lipinski definition) is 1. The number of halogens is 1. The molecule has 0 spiro atoms. The summed E-state index contributed by atoms with van der Waals surface area (Å²) in [5.41, 5.74) is 4.16. The van der Waals surface area contributed by atoms with Crippen molar-refractivity contribution in [1.29, 1.82) is 5.26 Å². The Kier molecular flexibility index (Phi) is 5.34. The number of aromatic nitrogens is 2. The lowest BCUT2D eigenvalue weighted by Crippen LogP contribution is -2.27. The Labute approximate surface area is 179 Å². The minimum Gasteiger partial charge on any atom is -0.497 e. The largest absolute Gasteiger partial charge is 0.497 e. The third-order valence-electron chi connectivity index (χ3n) is 5.16. The van der Waals surface area contributed by atoms with Crippen LogP contribution in [-0.4, -0.2) is 31.2 Å². The van der Waals surface area contributed by atoms with Crippen LogP contribution in [0.25, 0.3) is 0 Å². The van der Waals surface area contributed by atoms with Crippen molar-refractivity contribution >= 4 is 23.1 Å². The van der Waals surface area contributed by atoms with E-state index in [1.807, 2.05) is 36.2 Å². The van der Waals surface area contributed by atoms with E-state index in [9.17, 15) is 5.26 Å². The van der Waals surface area contributed by atoms with Crippen LogP contribution in [0.1, 0.15) is 28.3 Å². The summed E-state index contributed by atoms with van der Waals surface area (Å²) < 4.78 is 11.2. The third-order valence-corrected chi connectivity index (χ3v) is 5.44. The van der Waals surface area contributed by atoms with Gasteiger partial charge in [-0.25, -0.2) is 9.97 Å². The Bertz CT molecular complexity index is 1130. The molecule has 152 valence electrons. The summed E-state index contributed by atoms with van der Waals surface area (Å²) in [7, 11) is 5.21. The molecule has 1 aromatic heterocycles. The minimum absolute atomic E-state index is 0.301. The van der Waals surface area contributed by atoms with Crippen LogP contribution in [0.4, 0.5) is 11.5 Å². The molecular formula is C22H20ClN5O2. The highest BCUT2D eigenvalue weighted by atomic mass is 35.5. The predicted molar refractivity (Wildman–Crippen MR) is 115 cm³/mol. The van der Waals surface area contributed by atoms with Crippen molar-refractivity contribution in [3.63, 3.8) is 0 Å². The summed E-state index contributed by atoms with van der Waals surface area (Å²) in [6.45, 7) is 0.567. The lowest BCUT2D eigenvalue weighted by Gasteiger charge is -2.32. The fraction of sp³-hybridized carbons (Fsp3) is 0.227. The SMILES string of the molecule is COc1cc2c(c(OC)c1)C(c1ccc(C#N)cc1)Nc1c(Cl)ncnc1N(C)C2. The average Bonchev–Trinajstić information content (AvgIpc) is 2.77. The zero-order valence-electron chi connectivity index (χ0n) is 16.8. The number of rotatable bonds is 3. The van der Waals surface area contributed by atoms with Crippen molar-refractivity contribution in [2.45, 2.75) is 12.6 Å². The number of fused-ring (bicyclic) bond motifs is 2. The molecule has 1 aliphatic heterocycles. The van der Waals surface area contributed by atoms with Gasteiger partial charge >= 0.3 is 0 Å². The van der Waals surface area contributed by atoms with Gasteiger partial charge < -0.3 is 19.7 Å². The molecule has 0 saturated carbocycles. The Morgan fingerprint density at radius 3 is 2.60 bits per heavy atom. The first-order valence-electron chi connectivity index (χ1n) is 9.28. The number of anilines is 2. The molecule has 0 saturated heterocycles. The van der Waals surface area contributed by atoms with Crippen LogP contribution in [-0.2, 0) is 6.54 Å². The van der Waals surface area contributed by atoms with Crippen LogP contribution < -0.4 is 19.7 Å². The molecule has 4 rings (SSSR count). The van der Waals surface area contributed by atoms with Gasteiger partial charge in [0.25, 0.3) is 0 Å². The van der Waals surface area contributed by atoms with Crippen LogP contribution in [0.5, 0.6) is 11.5 Å². The van der Waals surface area contributed by atoms with Gasteiger partial charge in [-0.15, -0.1) is 0 Å². The standard InChI is InChI=1S/C22H20ClN5O2/c1-28-11-15-8-16(29-2)9-17(30-3)18(15)19(14-6-4-13(10-24)5-7-14)27-20-21(23)25-12-26-22(20)28/h4-9,12,19,27H,11H2,1-3H3. The van der Waals surface area contributed by atoms with Gasteiger partial charge in [-0.05, 0) is 29.3 Å². The maximum atomic E-state index is 9.18. The van der Waals surface area contributed by atoms with Gasteiger partial charge in [0.1, 0.15) is 23.5 Å². The van der Waals surface area contributed by atoms with Crippen LogP contribution in [0.15, 0.2) is 42.7 Å². The van der Waals surface area contributed by atoms with Crippen molar-refractivity contribution in [2.24, 2.45) is 0 Å². The van der Waals surface area contributed by atoms with Crippen LogP contribution in [0, 0.1) is 11.3 Å². The monoisotopic (exact) mass is 421 g/mol. The number of nitriles is 1. The molecule has 8 heteroatoms. The zero-order chi connectivity index (χ0) is 21.3. The fourth-order valence-electron chi connectivity index (χ4n) is 3.72. The average molecular weight is 422 g/mol. The molecule has 7 nitrogen and oxygen atoms in total. The lowest BCUT2D eigenvalue weighted by molar-refractivity contribution is 0.389. The lowest BCUT2D eigenvalue weighted by atomic mass is 9.91. The number of hydrogen-bond acceptors (Lipinski definition) is 7. The molecule has 1 aliphatic rings. The topological polar surface area (TPSA) is 83.3 Å². The van der Waals surface area contributed by atoms with Gasteiger partial charge in [0.05, 0.1) is 31.9 Å². The summed E-state index contributed by atoms with van der Waals surface area (Å²) in [5, 5.41) is 13.0. The highest BCUT2D eigenvalue weighted by molar-refractivity contribution is 6.32. The number of benzene rings is 2. The quantitative estimate of drug-likeness (QED) is 0.635. The van der Waals surface area contributed by atoms with Gasteiger partial charge in [-0.3, -0.25) is 0 Å². The Balaban J connectivity index is 1.97. The normalized spacial score (nSPS) is 15.0. The molecule has 0 aliphatic carbocycles. The Morgan fingerprint density at radius 1 is 1.17 bits per heavy atom. The molecule has 3 aromatic rings. The van der Waals surface area contributed by atoms with Crippen LogP contribution in [0.2, 0.25) is 5.15 Å². The van der Waals surface area contributed by atoms with E-state index in [1.165, 1.54) is 6.33 Å². The van der Waals surface area contributed by atoms with E-state index in [-0.39, 0.29) is 6.04 Å². The molecule has 0 bridgehead atoms. The van der Waals surface area contributed by atoms with E-state index in [1.54, 1.807) is 26.4 Å². The van der Waals surface area contributed by atoms with Crippen molar-refractivity contribution in [3.8, 4) is 17.6 Å². The van der Waals surface area contributed by atoms with Gasteiger partial charge in [0.2, 0.25) is 0 Å². The van der Waals surface area contributed by atoms with Gasteiger partial charge in [-0.1, -0.05) is 23.7 Å². The van der Waals surface area contributed by atoms with E-state index in [0.717, 1.165) is 16.7 Å². The number of nitrogens with zero attached hydrogens (tertiary/aromatic N) is 4. The maximum Gasteiger partial charge on any atom is 0.157 e. The van der Waals surface area contributed by atoms with E-state index in [0.29, 0.717) is 40.3 Å². The molecule has 1 unspecified atom stereocenters. The zero-order valence-corrected chi connectivity index (χ0v) is 17.6. The molecule has 2 heterocycles. The Morgan fingerprint density at radius 2 is 1.93 bits per heavy atom. The first-order chi connectivity index (χ1) is 14.5. The second-order valence-electron chi connectivity index (χ2n) is 6.93. The van der Waals surface area contributed by atoms with Crippen LogP contribution in [0.3, 0.4) is 0 Å². The number of ether oxygens (including phenoxy) is 2. The Hall–Kier alpha value is -3.50. The van der Waals surface area contributed by atoms with Crippen molar-refractivity contribution in [3.05, 3.63) is 70.1 Å². The van der Waals surface area contributed by atoms with Gasteiger partial charge in [0, 0.05) is 25.2 Å². The number of nitrogens with one attached hydrogen (secondary N) is 1. The molecule has 0 amide bonds. The summed E-state index contributed by atoms with van der Waals surface area (Å²) >= 11 is 6.45. The maximum absolute atomic E-state index is 9.18.